The van der Waals surface area contributed by atoms with E-state index in [4.69, 9.17) is 5.11 Å². The molecule has 10 heavy (non-hydrogen) atoms. The Bertz CT molecular complexity index is 70.6. The molecule has 0 aliphatic carbocycles. The predicted molar refractivity (Wildman–Crippen MR) is 39.6 cm³/mol. The Morgan fingerprint density at radius 2 is 1.60 bits per heavy atom. The van der Waals surface area contributed by atoms with Crippen molar-refractivity contribution in [1.82, 2.24) is 6.15 Å². The van der Waals surface area contributed by atoms with Gasteiger partial charge in [0.1, 0.15) is 12.6 Å². The lowest BCUT2D eigenvalue weighted by Crippen LogP contribution is -3.00. The minimum absolute atomic E-state index is 0. The quantitative estimate of drug-likeness (QED) is 0.442. The van der Waals surface area contributed by atoms with E-state index in [1.807, 2.05) is 6.92 Å². The Hall–Kier alpha value is 0.170. The van der Waals surface area contributed by atoms with Crippen molar-refractivity contribution in [3.8, 4) is 0 Å². The van der Waals surface area contributed by atoms with Crippen molar-refractivity contribution in [2.75, 3.05) is 27.7 Å². The summed E-state index contributed by atoms with van der Waals surface area (Å²) in [6.07, 6.45) is -0.185. The van der Waals surface area contributed by atoms with Crippen LogP contribution < -0.4 is 18.6 Å². The van der Waals surface area contributed by atoms with Gasteiger partial charge in [-0.15, -0.1) is 0 Å². The van der Waals surface area contributed by atoms with Crippen molar-refractivity contribution in [2.45, 2.75) is 13.0 Å². The lowest BCUT2D eigenvalue weighted by Gasteiger charge is -2.24. The zero-order valence-corrected chi connectivity index (χ0v) is 8.02. The van der Waals surface area contributed by atoms with Crippen LogP contribution in [0.2, 0.25) is 0 Å². The number of hydrogen-bond acceptors (Lipinski definition) is 2. The SMILES string of the molecule is CC(O)C[N+](C)(C)C.N.[Cl-]. The fourth-order valence-electron chi connectivity index (χ4n) is 0.793. The summed E-state index contributed by atoms with van der Waals surface area (Å²) >= 11 is 0. The summed E-state index contributed by atoms with van der Waals surface area (Å²) in [5, 5.41) is 8.87. The minimum Gasteiger partial charge on any atom is -1.00 e. The van der Waals surface area contributed by atoms with Gasteiger partial charge >= 0.3 is 0 Å². The van der Waals surface area contributed by atoms with E-state index in [1.165, 1.54) is 0 Å². The second-order valence-corrected chi connectivity index (χ2v) is 3.32. The normalized spacial score (nSPS) is 12.9. The molecule has 3 nitrogen and oxygen atoms in total. The predicted octanol–water partition coefficient (Wildman–Crippen LogP) is -2.76. The molecule has 4 N–H and O–H groups in total. The van der Waals surface area contributed by atoms with Crippen LogP contribution in [0.3, 0.4) is 0 Å². The molecule has 0 saturated carbocycles. The molecule has 0 amide bonds. The van der Waals surface area contributed by atoms with Crippen LogP contribution in [0.5, 0.6) is 0 Å². The van der Waals surface area contributed by atoms with Gasteiger partial charge in [-0.05, 0) is 6.92 Å². The van der Waals surface area contributed by atoms with Gasteiger partial charge in [0.15, 0.2) is 0 Å². The van der Waals surface area contributed by atoms with E-state index in [0.29, 0.717) is 0 Å². The first-order valence-electron chi connectivity index (χ1n) is 2.90. The Kier molecular flexibility index (Phi) is 9.84. The van der Waals surface area contributed by atoms with Gasteiger partial charge in [0.25, 0.3) is 0 Å². The largest absolute Gasteiger partial charge is 1.00 e. The number of aliphatic hydroxyl groups is 1. The van der Waals surface area contributed by atoms with Crippen molar-refractivity contribution in [2.24, 2.45) is 0 Å². The van der Waals surface area contributed by atoms with Crippen LogP contribution in [0, 0.1) is 0 Å². The van der Waals surface area contributed by atoms with E-state index in [9.17, 15) is 0 Å². The van der Waals surface area contributed by atoms with Crippen LogP contribution in [0.1, 0.15) is 6.92 Å². The van der Waals surface area contributed by atoms with Gasteiger partial charge in [-0.2, -0.15) is 0 Å². The van der Waals surface area contributed by atoms with Gasteiger partial charge in [0.05, 0.1) is 21.1 Å². The number of aliphatic hydroxyl groups excluding tert-OH is 1. The lowest BCUT2D eigenvalue weighted by atomic mass is 10.3. The highest BCUT2D eigenvalue weighted by molar-refractivity contribution is 4.39. The molecule has 0 bridgehead atoms. The smallest absolute Gasteiger partial charge is 0.104 e. The molecular weight excluding hydrogens is 152 g/mol. The van der Waals surface area contributed by atoms with E-state index < -0.39 is 0 Å². The molecule has 0 heterocycles. The van der Waals surface area contributed by atoms with Gasteiger partial charge in [-0.25, -0.2) is 0 Å². The molecule has 0 rings (SSSR count). The molecule has 1 atom stereocenters. The maximum absolute atomic E-state index is 8.87. The summed E-state index contributed by atoms with van der Waals surface area (Å²) in [6, 6.07) is 0. The first kappa shape index (κ1) is 16.6. The van der Waals surface area contributed by atoms with E-state index in [-0.39, 0.29) is 24.7 Å². The maximum Gasteiger partial charge on any atom is 0.104 e. The fourth-order valence-corrected chi connectivity index (χ4v) is 0.793. The average molecular weight is 171 g/mol. The van der Waals surface area contributed by atoms with Crippen LogP contribution in [0.15, 0.2) is 0 Å². The van der Waals surface area contributed by atoms with E-state index in [2.05, 4.69) is 21.1 Å². The van der Waals surface area contributed by atoms with Crippen LogP contribution in [-0.2, 0) is 0 Å². The second kappa shape index (κ2) is 5.92. The molecule has 0 radical (unpaired) electrons. The van der Waals surface area contributed by atoms with Crippen molar-refractivity contribution < 1.29 is 22.0 Å². The molecular formula is C6H19ClN2O. The third kappa shape index (κ3) is 15.7. The highest BCUT2D eigenvalue weighted by atomic mass is 35.5. The molecule has 0 fully saturated rings. The highest BCUT2D eigenvalue weighted by Crippen LogP contribution is 1.92. The topological polar surface area (TPSA) is 55.2 Å². The van der Waals surface area contributed by atoms with Crippen molar-refractivity contribution in [3.63, 3.8) is 0 Å². The van der Waals surface area contributed by atoms with Crippen molar-refractivity contribution in [1.29, 1.82) is 0 Å². The van der Waals surface area contributed by atoms with E-state index >= 15 is 0 Å². The van der Waals surface area contributed by atoms with Crippen LogP contribution >= 0.6 is 0 Å². The van der Waals surface area contributed by atoms with Gasteiger partial charge < -0.3 is 28.1 Å². The third-order valence-corrected chi connectivity index (χ3v) is 0.812. The molecule has 0 aliphatic heterocycles. The number of quaternary nitrogens is 1. The maximum atomic E-state index is 8.87. The van der Waals surface area contributed by atoms with Crippen molar-refractivity contribution in [3.05, 3.63) is 0 Å². The summed E-state index contributed by atoms with van der Waals surface area (Å²) in [6.45, 7) is 2.63. The molecule has 0 aromatic rings. The third-order valence-electron chi connectivity index (χ3n) is 0.812. The summed E-state index contributed by atoms with van der Waals surface area (Å²) in [4.78, 5) is 0. The van der Waals surface area contributed by atoms with Crippen LogP contribution in [-0.4, -0.2) is 43.4 Å². The molecule has 0 spiro atoms. The Morgan fingerprint density at radius 1 is 1.30 bits per heavy atom. The summed E-state index contributed by atoms with van der Waals surface area (Å²) in [5.41, 5.74) is 0. The second-order valence-electron chi connectivity index (χ2n) is 3.32. The number of rotatable bonds is 2. The molecule has 1 unspecified atom stereocenters. The molecule has 4 heteroatoms. The first-order valence-corrected chi connectivity index (χ1v) is 2.90. The Balaban J connectivity index is -0.000000245. The van der Waals surface area contributed by atoms with Gasteiger partial charge in [0, 0.05) is 0 Å². The number of hydrogen-bond donors (Lipinski definition) is 2. The summed E-state index contributed by atoms with van der Waals surface area (Å²) in [7, 11) is 6.19. The van der Waals surface area contributed by atoms with Crippen LogP contribution in [0.25, 0.3) is 0 Å². The van der Waals surface area contributed by atoms with Gasteiger partial charge in [0.2, 0.25) is 0 Å². The molecule has 0 aliphatic rings. The summed E-state index contributed by atoms with van der Waals surface area (Å²) in [5.74, 6) is 0. The minimum atomic E-state index is -0.185. The van der Waals surface area contributed by atoms with Gasteiger partial charge in [-0.1, -0.05) is 0 Å². The molecule has 0 aromatic carbocycles. The molecule has 66 valence electrons. The molecule has 0 aromatic heterocycles. The van der Waals surface area contributed by atoms with Crippen molar-refractivity contribution >= 4 is 0 Å². The Morgan fingerprint density at radius 3 is 1.60 bits per heavy atom. The summed E-state index contributed by atoms with van der Waals surface area (Å²) < 4.78 is 0.831. The fraction of sp³-hybridized carbons (Fsp3) is 1.00. The number of nitrogens with zero attached hydrogens (tertiary/aromatic N) is 1. The highest BCUT2D eigenvalue weighted by Gasteiger charge is 2.09. The number of likely N-dealkylation sites (N-methyl/N-ethyl adjacent to an activating group) is 1. The van der Waals surface area contributed by atoms with E-state index in [1.54, 1.807) is 0 Å². The van der Waals surface area contributed by atoms with Gasteiger partial charge in [-0.3, -0.25) is 0 Å². The Labute approximate surface area is 69.6 Å². The average Bonchev–Trinajstić information content (AvgIpc) is 1.21. The first-order chi connectivity index (χ1) is 3.42. The lowest BCUT2D eigenvalue weighted by molar-refractivity contribution is -0.873. The zero-order chi connectivity index (χ0) is 6.78. The number of halogens is 1. The standard InChI is InChI=1S/C6H16NO.ClH.H3N/c1-6(8)5-7(2,3)4;;/h6,8H,5H2,1-4H3;1H;1H3/q+1;;/p-1. The van der Waals surface area contributed by atoms with E-state index in [0.717, 1.165) is 11.0 Å². The van der Waals surface area contributed by atoms with Crippen LogP contribution in [0.4, 0.5) is 0 Å². The molecule has 0 saturated heterocycles. The zero-order valence-electron chi connectivity index (χ0n) is 7.26. The monoisotopic (exact) mass is 170 g/mol.